The number of pyridine rings is 1. The third-order valence-electron chi connectivity index (χ3n) is 3.98. The van der Waals surface area contributed by atoms with E-state index < -0.39 is 0 Å². The van der Waals surface area contributed by atoms with Crippen molar-refractivity contribution in [2.24, 2.45) is 0 Å². The highest BCUT2D eigenvalue weighted by molar-refractivity contribution is 5.95. The normalized spacial score (nSPS) is 12.0. The second-order valence-corrected chi connectivity index (χ2v) is 5.67. The lowest BCUT2D eigenvalue weighted by Gasteiger charge is -2.08. The van der Waals surface area contributed by atoms with Crippen LogP contribution >= 0.6 is 0 Å². The third kappa shape index (κ3) is 3.30. The molecule has 1 amide bonds. The number of rotatable bonds is 4. The maximum Gasteiger partial charge on any atom is 0.251 e. The van der Waals surface area contributed by atoms with Gasteiger partial charge in [0.1, 0.15) is 0 Å². The molecule has 0 atom stereocenters. The van der Waals surface area contributed by atoms with Crippen LogP contribution in [0.3, 0.4) is 0 Å². The van der Waals surface area contributed by atoms with E-state index in [1.807, 2.05) is 54.6 Å². The van der Waals surface area contributed by atoms with E-state index in [2.05, 4.69) is 10.3 Å². The number of hydrogen-bond donors (Lipinski definition) is 1. The number of benzene rings is 2. The van der Waals surface area contributed by atoms with Gasteiger partial charge in [0.25, 0.3) is 5.91 Å². The lowest BCUT2D eigenvalue weighted by molar-refractivity contribution is 0.0951. The van der Waals surface area contributed by atoms with Crippen molar-refractivity contribution in [3.8, 4) is 22.8 Å². The molecule has 0 radical (unpaired) electrons. The second kappa shape index (κ2) is 6.65. The van der Waals surface area contributed by atoms with E-state index in [1.54, 1.807) is 12.3 Å². The summed E-state index contributed by atoms with van der Waals surface area (Å²) in [5, 5.41) is 2.93. The first-order chi connectivity index (χ1) is 12.3. The number of ether oxygens (including phenoxy) is 2. The zero-order chi connectivity index (χ0) is 17.1. The van der Waals surface area contributed by atoms with Gasteiger partial charge in [-0.3, -0.25) is 9.78 Å². The molecule has 1 N–H and O–H groups in total. The quantitative estimate of drug-likeness (QED) is 0.795. The molecule has 0 aliphatic carbocycles. The number of carbonyl (C=O) groups excluding carboxylic acids is 1. The van der Waals surface area contributed by atoms with E-state index in [0.29, 0.717) is 17.9 Å². The molecule has 2 heterocycles. The van der Waals surface area contributed by atoms with Crippen LogP contribution in [0.4, 0.5) is 0 Å². The number of carbonyl (C=O) groups is 1. The van der Waals surface area contributed by atoms with Gasteiger partial charge in [-0.25, -0.2) is 0 Å². The van der Waals surface area contributed by atoms with E-state index in [-0.39, 0.29) is 12.7 Å². The number of nitrogens with zero attached hydrogens (tertiary/aromatic N) is 1. The van der Waals surface area contributed by atoms with Crippen LogP contribution < -0.4 is 14.8 Å². The van der Waals surface area contributed by atoms with Crippen LogP contribution in [0, 0.1) is 0 Å². The maximum absolute atomic E-state index is 12.4. The number of hydrogen-bond acceptors (Lipinski definition) is 4. The monoisotopic (exact) mass is 332 g/mol. The maximum atomic E-state index is 12.4. The number of amides is 1. The molecule has 124 valence electrons. The van der Waals surface area contributed by atoms with Gasteiger partial charge in [0, 0.05) is 23.9 Å². The summed E-state index contributed by atoms with van der Waals surface area (Å²) in [7, 11) is 0. The van der Waals surface area contributed by atoms with E-state index in [9.17, 15) is 4.79 Å². The summed E-state index contributed by atoms with van der Waals surface area (Å²) in [4.78, 5) is 16.8. The first-order valence-corrected chi connectivity index (χ1v) is 7.98. The highest BCUT2D eigenvalue weighted by Crippen LogP contribution is 2.32. The Morgan fingerprint density at radius 3 is 2.80 bits per heavy atom. The van der Waals surface area contributed by atoms with Crippen LogP contribution in [0.25, 0.3) is 11.3 Å². The molecule has 0 fully saturated rings. The summed E-state index contributed by atoms with van der Waals surface area (Å²) in [5.74, 6) is 1.32. The van der Waals surface area contributed by atoms with E-state index >= 15 is 0 Å². The fourth-order valence-electron chi connectivity index (χ4n) is 2.69. The van der Waals surface area contributed by atoms with Crippen LogP contribution in [0.2, 0.25) is 0 Å². The lowest BCUT2D eigenvalue weighted by Crippen LogP contribution is -2.22. The van der Waals surface area contributed by atoms with Gasteiger partial charge in [-0.05, 0) is 42.0 Å². The minimum Gasteiger partial charge on any atom is -0.454 e. The summed E-state index contributed by atoms with van der Waals surface area (Å²) < 4.78 is 10.6. The van der Waals surface area contributed by atoms with Crippen LogP contribution in [-0.4, -0.2) is 17.7 Å². The van der Waals surface area contributed by atoms with E-state index in [1.165, 1.54) is 0 Å². The Balaban J connectivity index is 1.46. The predicted octanol–water partition coefficient (Wildman–Crippen LogP) is 3.41. The average Bonchev–Trinajstić information content (AvgIpc) is 3.15. The molecule has 0 unspecified atom stereocenters. The molecule has 1 aromatic heterocycles. The predicted molar refractivity (Wildman–Crippen MR) is 93.4 cm³/mol. The van der Waals surface area contributed by atoms with Gasteiger partial charge in [-0.15, -0.1) is 0 Å². The molecule has 0 bridgehead atoms. The Morgan fingerprint density at radius 2 is 1.92 bits per heavy atom. The first-order valence-electron chi connectivity index (χ1n) is 7.98. The van der Waals surface area contributed by atoms with Gasteiger partial charge in [0.05, 0.1) is 5.69 Å². The van der Waals surface area contributed by atoms with Crippen molar-refractivity contribution in [3.05, 3.63) is 78.0 Å². The van der Waals surface area contributed by atoms with Gasteiger partial charge >= 0.3 is 0 Å². The Kier molecular flexibility index (Phi) is 4.04. The summed E-state index contributed by atoms with van der Waals surface area (Å²) in [6.45, 7) is 0.661. The summed E-state index contributed by atoms with van der Waals surface area (Å²) >= 11 is 0. The Labute approximate surface area is 145 Å². The van der Waals surface area contributed by atoms with Crippen LogP contribution in [0.15, 0.2) is 66.9 Å². The molecule has 5 nitrogen and oxygen atoms in total. The molecule has 0 saturated carbocycles. The second-order valence-electron chi connectivity index (χ2n) is 5.67. The van der Waals surface area contributed by atoms with Crippen molar-refractivity contribution in [2.45, 2.75) is 6.54 Å². The zero-order valence-corrected chi connectivity index (χ0v) is 13.4. The van der Waals surface area contributed by atoms with Crippen molar-refractivity contribution in [1.29, 1.82) is 0 Å². The topological polar surface area (TPSA) is 60.5 Å². The van der Waals surface area contributed by atoms with Gasteiger partial charge in [-0.1, -0.05) is 24.3 Å². The molecule has 25 heavy (non-hydrogen) atoms. The Morgan fingerprint density at radius 1 is 1.00 bits per heavy atom. The molecule has 1 aliphatic heterocycles. The fraction of sp³-hybridized carbons (Fsp3) is 0.100. The summed E-state index contributed by atoms with van der Waals surface area (Å²) in [5.41, 5.74) is 3.31. The molecular formula is C20H16N2O3. The van der Waals surface area contributed by atoms with Crippen molar-refractivity contribution in [2.75, 3.05) is 6.79 Å². The van der Waals surface area contributed by atoms with Gasteiger partial charge in [-0.2, -0.15) is 0 Å². The van der Waals surface area contributed by atoms with Gasteiger partial charge in [0.15, 0.2) is 11.5 Å². The average molecular weight is 332 g/mol. The fourth-order valence-corrected chi connectivity index (χ4v) is 2.69. The molecule has 2 aromatic carbocycles. The van der Waals surface area contributed by atoms with Crippen molar-refractivity contribution < 1.29 is 14.3 Å². The highest BCUT2D eigenvalue weighted by Gasteiger charge is 2.14. The third-order valence-corrected chi connectivity index (χ3v) is 3.98. The number of nitrogens with one attached hydrogen (secondary N) is 1. The van der Waals surface area contributed by atoms with Crippen LogP contribution in [-0.2, 0) is 6.54 Å². The molecule has 3 aromatic rings. The Bertz CT molecular complexity index is 910. The van der Waals surface area contributed by atoms with E-state index in [0.717, 1.165) is 22.6 Å². The molecular weight excluding hydrogens is 316 g/mol. The largest absolute Gasteiger partial charge is 0.454 e. The van der Waals surface area contributed by atoms with Gasteiger partial charge < -0.3 is 14.8 Å². The summed E-state index contributed by atoms with van der Waals surface area (Å²) in [6.07, 6.45) is 1.74. The Hall–Kier alpha value is -3.34. The molecule has 5 heteroatoms. The minimum atomic E-state index is -0.129. The van der Waals surface area contributed by atoms with Crippen LogP contribution in [0.1, 0.15) is 15.9 Å². The zero-order valence-electron chi connectivity index (χ0n) is 13.4. The van der Waals surface area contributed by atoms with Crippen molar-refractivity contribution in [1.82, 2.24) is 10.3 Å². The minimum absolute atomic E-state index is 0.129. The van der Waals surface area contributed by atoms with Crippen molar-refractivity contribution in [3.63, 3.8) is 0 Å². The first kappa shape index (κ1) is 15.2. The smallest absolute Gasteiger partial charge is 0.251 e. The van der Waals surface area contributed by atoms with Crippen molar-refractivity contribution >= 4 is 5.91 Å². The standard InChI is InChI=1S/C20H16N2O3/c23-20(22-12-14-7-8-18-19(10-14)25-13-24-18)16-5-3-4-15(11-16)17-6-1-2-9-21-17/h1-11H,12-13H2,(H,22,23). The molecule has 0 saturated heterocycles. The molecule has 0 spiro atoms. The number of aromatic nitrogens is 1. The lowest BCUT2D eigenvalue weighted by atomic mass is 10.1. The number of fused-ring (bicyclic) bond motifs is 1. The van der Waals surface area contributed by atoms with Gasteiger partial charge in [0.2, 0.25) is 6.79 Å². The van der Waals surface area contributed by atoms with E-state index in [4.69, 9.17) is 9.47 Å². The highest BCUT2D eigenvalue weighted by atomic mass is 16.7. The molecule has 4 rings (SSSR count). The van der Waals surface area contributed by atoms with Crippen LogP contribution in [0.5, 0.6) is 11.5 Å². The molecule has 1 aliphatic rings. The SMILES string of the molecule is O=C(NCc1ccc2c(c1)OCO2)c1cccc(-c2ccccn2)c1. The summed E-state index contributed by atoms with van der Waals surface area (Å²) in [6, 6.07) is 18.8.